The van der Waals surface area contributed by atoms with Crippen LogP contribution in [0.25, 0.3) is 0 Å². The van der Waals surface area contributed by atoms with Crippen molar-refractivity contribution >= 4 is 28.4 Å². The van der Waals surface area contributed by atoms with Crippen LogP contribution in [0.1, 0.15) is 0 Å². The molecular formula is C10H15IN4O. The van der Waals surface area contributed by atoms with E-state index >= 15 is 0 Å². The van der Waals surface area contributed by atoms with Crippen molar-refractivity contribution in [3.63, 3.8) is 0 Å². The molecule has 0 bridgehead atoms. The molecule has 0 saturated carbocycles. The number of hydrogen-bond acceptors (Lipinski definition) is 5. The topological polar surface area (TPSA) is 50.3 Å². The maximum Gasteiger partial charge on any atom is 0.142 e. The molecule has 1 aromatic rings. The first kappa shape index (κ1) is 12.0. The van der Waals surface area contributed by atoms with Crippen molar-refractivity contribution in [1.29, 1.82) is 0 Å². The molecule has 0 amide bonds. The van der Waals surface area contributed by atoms with E-state index in [1.165, 1.54) is 0 Å². The van der Waals surface area contributed by atoms with Gasteiger partial charge in [-0.2, -0.15) is 0 Å². The number of nitrogens with zero attached hydrogens (tertiary/aromatic N) is 3. The van der Waals surface area contributed by atoms with E-state index in [1.54, 1.807) is 12.5 Å². The molecule has 0 spiro atoms. The van der Waals surface area contributed by atoms with Crippen LogP contribution in [0.2, 0.25) is 0 Å². The van der Waals surface area contributed by atoms with Crippen LogP contribution in [0.15, 0.2) is 12.5 Å². The Kier molecular flexibility index (Phi) is 4.30. The first-order valence-corrected chi connectivity index (χ1v) is 6.33. The minimum atomic E-state index is 0.240. The molecule has 16 heavy (non-hydrogen) atoms. The number of aromatic nitrogens is 2. The molecular weight excluding hydrogens is 319 g/mol. The second-order valence-electron chi connectivity index (χ2n) is 3.86. The zero-order chi connectivity index (χ0) is 11.4. The number of rotatable bonds is 3. The van der Waals surface area contributed by atoms with Crippen molar-refractivity contribution in [3.8, 4) is 0 Å². The third-order valence-corrected chi connectivity index (χ3v) is 3.30. The zero-order valence-corrected chi connectivity index (χ0v) is 11.3. The van der Waals surface area contributed by atoms with Crippen LogP contribution in [0.3, 0.4) is 0 Å². The zero-order valence-electron chi connectivity index (χ0n) is 9.19. The van der Waals surface area contributed by atoms with Crippen molar-refractivity contribution in [2.75, 3.05) is 38.6 Å². The fourth-order valence-electron chi connectivity index (χ4n) is 1.64. The summed E-state index contributed by atoms with van der Waals surface area (Å²) in [6.45, 7) is 3.58. The Bertz CT molecular complexity index is 349. The number of ether oxygens (including phenoxy) is 1. The second-order valence-corrected chi connectivity index (χ2v) is 5.02. The lowest BCUT2D eigenvalue weighted by Crippen LogP contribution is -2.43. The second kappa shape index (κ2) is 5.74. The van der Waals surface area contributed by atoms with Gasteiger partial charge in [0.15, 0.2) is 0 Å². The number of morpholine rings is 1. The highest BCUT2D eigenvalue weighted by atomic mass is 127. The lowest BCUT2D eigenvalue weighted by Gasteiger charge is -2.30. The molecule has 5 nitrogen and oxygen atoms in total. The minimum absolute atomic E-state index is 0.240. The van der Waals surface area contributed by atoms with Crippen molar-refractivity contribution in [2.45, 2.75) is 6.10 Å². The Labute approximate surface area is 109 Å². The van der Waals surface area contributed by atoms with Crippen LogP contribution in [-0.4, -0.2) is 54.3 Å². The van der Waals surface area contributed by atoms with E-state index in [4.69, 9.17) is 4.74 Å². The minimum Gasteiger partial charge on any atom is -0.374 e. The van der Waals surface area contributed by atoms with Crippen LogP contribution in [0.5, 0.6) is 0 Å². The Morgan fingerprint density at radius 2 is 2.56 bits per heavy atom. The Morgan fingerprint density at radius 3 is 3.31 bits per heavy atom. The van der Waals surface area contributed by atoms with Crippen LogP contribution >= 0.6 is 22.6 Å². The molecule has 1 aliphatic heterocycles. The van der Waals surface area contributed by atoms with Gasteiger partial charge in [0.2, 0.25) is 0 Å². The molecule has 1 aliphatic rings. The van der Waals surface area contributed by atoms with Crippen LogP contribution in [0.4, 0.5) is 5.82 Å². The van der Waals surface area contributed by atoms with E-state index in [-0.39, 0.29) is 6.10 Å². The average molecular weight is 334 g/mol. The fraction of sp³-hybridized carbons (Fsp3) is 0.600. The van der Waals surface area contributed by atoms with Gasteiger partial charge in [-0.25, -0.2) is 9.97 Å². The quantitative estimate of drug-likeness (QED) is 0.830. The van der Waals surface area contributed by atoms with Gasteiger partial charge in [-0.3, -0.25) is 0 Å². The molecule has 1 unspecified atom stereocenters. The van der Waals surface area contributed by atoms with Gasteiger partial charge in [-0.05, 0) is 29.6 Å². The molecule has 1 atom stereocenters. The predicted molar refractivity (Wildman–Crippen MR) is 70.5 cm³/mol. The smallest absolute Gasteiger partial charge is 0.142 e. The summed E-state index contributed by atoms with van der Waals surface area (Å²) < 4.78 is 6.69. The van der Waals surface area contributed by atoms with Crippen LogP contribution in [0, 0.1) is 3.57 Å². The fourth-order valence-corrected chi connectivity index (χ4v) is 2.13. The van der Waals surface area contributed by atoms with Crippen molar-refractivity contribution in [3.05, 3.63) is 16.1 Å². The van der Waals surface area contributed by atoms with E-state index in [0.29, 0.717) is 0 Å². The van der Waals surface area contributed by atoms with Gasteiger partial charge in [0.1, 0.15) is 12.1 Å². The number of anilines is 1. The lowest BCUT2D eigenvalue weighted by molar-refractivity contribution is -0.0117. The number of hydrogen-bond donors (Lipinski definition) is 1. The summed E-state index contributed by atoms with van der Waals surface area (Å²) in [6, 6.07) is 0. The van der Waals surface area contributed by atoms with Gasteiger partial charge >= 0.3 is 0 Å². The summed E-state index contributed by atoms with van der Waals surface area (Å²) in [5, 5.41) is 3.29. The van der Waals surface area contributed by atoms with Crippen molar-refractivity contribution < 1.29 is 4.74 Å². The van der Waals surface area contributed by atoms with Crippen LogP contribution in [-0.2, 0) is 4.74 Å². The van der Waals surface area contributed by atoms with Crippen molar-refractivity contribution in [2.24, 2.45) is 0 Å². The largest absolute Gasteiger partial charge is 0.374 e. The molecule has 1 N–H and O–H groups in total. The standard InChI is InChI=1S/C10H15IN4O/c1-15-2-3-16-8(6-15)4-13-10-9(11)5-12-7-14-10/h5,7-8H,2-4,6H2,1H3,(H,12,13,14). The summed E-state index contributed by atoms with van der Waals surface area (Å²) in [5.41, 5.74) is 0. The van der Waals surface area contributed by atoms with Gasteiger partial charge < -0.3 is 15.0 Å². The maximum absolute atomic E-state index is 5.66. The first-order valence-electron chi connectivity index (χ1n) is 5.25. The molecule has 2 rings (SSSR count). The summed E-state index contributed by atoms with van der Waals surface area (Å²) in [6.07, 6.45) is 3.59. The van der Waals surface area contributed by atoms with E-state index in [2.05, 4.69) is 49.8 Å². The molecule has 1 aromatic heterocycles. The molecule has 6 heteroatoms. The summed E-state index contributed by atoms with van der Waals surface area (Å²) in [4.78, 5) is 10.4. The predicted octanol–water partition coefficient (Wildman–Crippen LogP) is 0.824. The van der Waals surface area contributed by atoms with E-state index in [9.17, 15) is 0 Å². The molecule has 1 saturated heterocycles. The lowest BCUT2D eigenvalue weighted by atomic mass is 10.3. The normalized spacial score (nSPS) is 22.0. The third kappa shape index (κ3) is 3.26. The molecule has 2 heterocycles. The highest BCUT2D eigenvalue weighted by Gasteiger charge is 2.17. The molecule has 88 valence electrons. The van der Waals surface area contributed by atoms with Gasteiger partial charge in [-0.1, -0.05) is 0 Å². The summed E-state index contributed by atoms with van der Waals surface area (Å²) in [5.74, 6) is 0.882. The number of halogens is 1. The van der Waals surface area contributed by atoms with Gasteiger partial charge in [0, 0.05) is 25.8 Å². The van der Waals surface area contributed by atoms with Gasteiger partial charge in [-0.15, -0.1) is 0 Å². The monoisotopic (exact) mass is 334 g/mol. The van der Waals surface area contributed by atoms with E-state index < -0.39 is 0 Å². The van der Waals surface area contributed by atoms with Gasteiger partial charge in [0.05, 0.1) is 16.3 Å². The van der Waals surface area contributed by atoms with E-state index in [0.717, 1.165) is 35.6 Å². The highest BCUT2D eigenvalue weighted by molar-refractivity contribution is 14.1. The summed E-state index contributed by atoms with van der Waals surface area (Å²) >= 11 is 2.22. The Morgan fingerprint density at radius 1 is 1.69 bits per heavy atom. The van der Waals surface area contributed by atoms with Crippen molar-refractivity contribution in [1.82, 2.24) is 14.9 Å². The Balaban J connectivity index is 1.85. The molecule has 0 radical (unpaired) electrons. The van der Waals surface area contributed by atoms with Gasteiger partial charge in [0.25, 0.3) is 0 Å². The van der Waals surface area contributed by atoms with Crippen LogP contribution < -0.4 is 5.32 Å². The average Bonchev–Trinajstić information content (AvgIpc) is 2.28. The first-order chi connectivity index (χ1) is 7.75. The third-order valence-electron chi connectivity index (χ3n) is 2.51. The molecule has 0 aliphatic carbocycles. The molecule has 1 fully saturated rings. The molecule has 0 aromatic carbocycles. The number of likely N-dealkylation sites (N-methyl/N-ethyl adjacent to an activating group) is 1. The SMILES string of the molecule is CN1CCOC(CNc2ncncc2I)C1. The maximum atomic E-state index is 5.66. The number of nitrogens with one attached hydrogen (secondary N) is 1. The summed E-state index contributed by atoms with van der Waals surface area (Å²) in [7, 11) is 2.12. The Hall–Kier alpha value is -0.470. The highest BCUT2D eigenvalue weighted by Crippen LogP contribution is 2.13. The van der Waals surface area contributed by atoms with E-state index in [1.807, 2.05) is 0 Å².